The van der Waals surface area contributed by atoms with Crippen LogP contribution in [0.5, 0.6) is 0 Å². The first-order valence-corrected chi connectivity index (χ1v) is 5.41. The van der Waals surface area contributed by atoms with E-state index in [1.807, 2.05) is 0 Å². The molecule has 0 radical (unpaired) electrons. The maximum absolute atomic E-state index is 12.9. The summed E-state index contributed by atoms with van der Waals surface area (Å²) in [5, 5.41) is 16.9. The van der Waals surface area contributed by atoms with E-state index in [1.54, 1.807) is 26.0 Å². The van der Waals surface area contributed by atoms with E-state index in [0.717, 1.165) is 0 Å². The summed E-state index contributed by atoms with van der Waals surface area (Å²) in [6.45, 7) is 3.23. The first kappa shape index (κ1) is 12.2. The minimum Gasteiger partial charge on any atom is -0.480 e. The number of carbonyl (C=O) groups is 1. The zero-order chi connectivity index (χ0) is 13.3. The number of benzene rings is 1. The van der Waals surface area contributed by atoms with Crippen LogP contribution in [0.3, 0.4) is 0 Å². The van der Waals surface area contributed by atoms with E-state index in [9.17, 15) is 9.18 Å². The Hall–Kier alpha value is -2.24. The van der Waals surface area contributed by atoms with Crippen molar-refractivity contribution in [2.45, 2.75) is 19.9 Å². The van der Waals surface area contributed by atoms with Crippen molar-refractivity contribution in [3.63, 3.8) is 0 Å². The van der Waals surface area contributed by atoms with Crippen LogP contribution in [0.4, 0.5) is 4.39 Å². The SMILES string of the molecule is Cc1nnc(-c2ccc(F)cc2)n1C(C)C(=O)O. The van der Waals surface area contributed by atoms with Gasteiger partial charge in [0.1, 0.15) is 17.7 Å². The van der Waals surface area contributed by atoms with Crippen molar-refractivity contribution in [2.75, 3.05) is 0 Å². The Morgan fingerprint density at radius 1 is 1.33 bits per heavy atom. The molecule has 0 spiro atoms. The summed E-state index contributed by atoms with van der Waals surface area (Å²) in [6.07, 6.45) is 0. The van der Waals surface area contributed by atoms with E-state index >= 15 is 0 Å². The Balaban J connectivity index is 2.52. The summed E-state index contributed by atoms with van der Waals surface area (Å²) in [5.41, 5.74) is 0.630. The second-order valence-corrected chi connectivity index (χ2v) is 3.96. The first-order valence-electron chi connectivity index (χ1n) is 5.41. The fraction of sp³-hybridized carbons (Fsp3) is 0.250. The lowest BCUT2D eigenvalue weighted by molar-refractivity contribution is -0.140. The molecule has 2 rings (SSSR count). The lowest BCUT2D eigenvalue weighted by atomic mass is 10.2. The predicted octanol–water partition coefficient (Wildman–Crippen LogP) is 2.04. The smallest absolute Gasteiger partial charge is 0.326 e. The number of hydrogen-bond donors (Lipinski definition) is 1. The number of aryl methyl sites for hydroxylation is 1. The molecule has 0 aliphatic heterocycles. The van der Waals surface area contributed by atoms with Crippen molar-refractivity contribution in [1.82, 2.24) is 14.8 Å². The third-order valence-corrected chi connectivity index (χ3v) is 2.71. The average molecular weight is 249 g/mol. The maximum Gasteiger partial charge on any atom is 0.326 e. The number of hydrogen-bond acceptors (Lipinski definition) is 3. The third-order valence-electron chi connectivity index (χ3n) is 2.71. The van der Waals surface area contributed by atoms with E-state index in [4.69, 9.17) is 5.11 Å². The van der Waals surface area contributed by atoms with Gasteiger partial charge in [-0.15, -0.1) is 10.2 Å². The van der Waals surface area contributed by atoms with Crippen molar-refractivity contribution in [3.8, 4) is 11.4 Å². The largest absolute Gasteiger partial charge is 0.480 e. The van der Waals surface area contributed by atoms with Crippen molar-refractivity contribution >= 4 is 5.97 Å². The van der Waals surface area contributed by atoms with Crippen molar-refractivity contribution < 1.29 is 14.3 Å². The van der Waals surface area contributed by atoms with Gasteiger partial charge in [-0.1, -0.05) is 0 Å². The fourth-order valence-corrected chi connectivity index (χ4v) is 1.74. The van der Waals surface area contributed by atoms with Gasteiger partial charge in [0.05, 0.1) is 0 Å². The van der Waals surface area contributed by atoms with E-state index in [1.165, 1.54) is 16.7 Å². The van der Waals surface area contributed by atoms with E-state index in [-0.39, 0.29) is 5.82 Å². The number of halogens is 1. The van der Waals surface area contributed by atoms with Crippen LogP contribution in [0.25, 0.3) is 11.4 Å². The Bertz CT molecular complexity index is 578. The molecule has 0 saturated carbocycles. The summed E-state index contributed by atoms with van der Waals surface area (Å²) >= 11 is 0. The molecule has 94 valence electrons. The molecule has 1 heterocycles. The third kappa shape index (κ3) is 2.09. The highest BCUT2D eigenvalue weighted by molar-refractivity contribution is 5.72. The molecule has 1 unspecified atom stereocenters. The van der Waals surface area contributed by atoms with Crippen LogP contribution in [0, 0.1) is 12.7 Å². The van der Waals surface area contributed by atoms with Crippen LogP contribution >= 0.6 is 0 Å². The van der Waals surface area contributed by atoms with Crippen LogP contribution in [-0.2, 0) is 4.79 Å². The molecule has 0 fully saturated rings. The molecular formula is C12H12FN3O2. The fourth-order valence-electron chi connectivity index (χ4n) is 1.74. The van der Waals surface area contributed by atoms with E-state index in [2.05, 4.69) is 10.2 Å². The molecule has 1 atom stereocenters. The second kappa shape index (κ2) is 4.56. The first-order chi connectivity index (χ1) is 8.50. The predicted molar refractivity (Wildman–Crippen MR) is 62.5 cm³/mol. The quantitative estimate of drug-likeness (QED) is 0.903. The summed E-state index contributed by atoms with van der Waals surface area (Å²) < 4.78 is 14.4. The summed E-state index contributed by atoms with van der Waals surface area (Å²) in [5.74, 6) is -0.402. The minimum absolute atomic E-state index is 0.354. The number of aliphatic carboxylic acids is 1. The number of carboxylic acid groups (broad SMARTS) is 1. The molecule has 0 bridgehead atoms. The monoisotopic (exact) mass is 249 g/mol. The normalized spacial score (nSPS) is 12.4. The molecule has 6 heteroatoms. The standard InChI is InChI=1S/C12H12FN3O2/c1-7(12(17)18)16-8(2)14-15-11(16)9-3-5-10(13)6-4-9/h3-7H,1-2H3,(H,17,18). The number of rotatable bonds is 3. The molecule has 0 saturated heterocycles. The molecular weight excluding hydrogens is 237 g/mol. The van der Waals surface area contributed by atoms with Gasteiger partial charge in [0, 0.05) is 5.56 Å². The topological polar surface area (TPSA) is 68.0 Å². The van der Waals surface area contributed by atoms with Gasteiger partial charge >= 0.3 is 5.97 Å². The zero-order valence-electron chi connectivity index (χ0n) is 9.96. The van der Waals surface area contributed by atoms with Crippen LogP contribution in [0.15, 0.2) is 24.3 Å². The molecule has 1 aromatic carbocycles. The Labute approximate surface area is 103 Å². The van der Waals surface area contributed by atoms with Gasteiger partial charge in [0.2, 0.25) is 0 Å². The molecule has 5 nitrogen and oxygen atoms in total. The van der Waals surface area contributed by atoms with Gasteiger partial charge in [-0.3, -0.25) is 4.57 Å². The van der Waals surface area contributed by atoms with Crippen LogP contribution < -0.4 is 0 Å². The maximum atomic E-state index is 12.9. The zero-order valence-corrected chi connectivity index (χ0v) is 9.96. The summed E-state index contributed by atoms with van der Waals surface area (Å²) in [6, 6.07) is 4.91. The number of aromatic nitrogens is 3. The van der Waals surface area contributed by atoms with Gasteiger partial charge in [0.15, 0.2) is 5.82 Å². The van der Waals surface area contributed by atoms with Crippen LogP contribution in [-0.4, -0.2) is 25.8 Å². The lowest BCUT2D eigenvalue weighted by Crippen LogP contribution is -2.17. The molecule has 1 N–H and O–H groups in total. The van der Waals surface area contributed by atoms with Gasteiger partial charge < -0.3 is 5.11 Å². The second-order valence-electron chi connectivity index (χ2n) is 3.96. The van der Waals surface area contributed by atoms with Crippen molar-refractivity contribution in [3.05, 3.63) is 35.9 Å². The number of nitrogens with zero attached hydrogens (tertiary/aromatic N) is 3. The molecule has 18 heavy (non-hydrogen) atoms. The van der Waals surface area contributed by atoms with E-state index in [0.29, 0.717) is 17.2 Å². The van der Waals surface area contributed by atoms with Gasteiger partial charge in [-0.2, -0.15) is 0 Å². The van der Waals surface area contributed by atoms with Gasteiger partial charge in [0.25, 0.3) is 0 Å². The van der Waals surface area contributed by atoms with Gasteiger partial charge in [-0.05, 0) is 38.1 Å². The van der Waals surface area contributed by atoms with Crippen LogP contribution in [0.1, 0.15) is 18.8 Å². The van der Waals surface area contributed by atoms with Crippen molar-refractivity contribution in [1.29, 1.82) is 0 Å². The van der Waals surface area contributed by atoms with E-state index < -0.39 is 12.0 Å². The highest BCUT2D eigenvalue weighted by Gasteiger charge is 2.21. The minimum atomic E-state index is -0.971. The lowest BCUT2D eigenvalue weighted by Gasteiger charge is -2.12. The molecule has 0 amide bonds. The highest BCUT2D eigenvalue weighted by atomic mass is 19.1. The summed E-state index contributed by atoms with van der Waals surface area (Å²) in [7, 11) is 0. The Morgan fingerprint density at radius 2 is 1.94 bits per heavy atom. The summed E-state index contributed by atoms with van der Waals surface area (Å²) in [4.78, 5) is 11.1. The highest BCUT2D eigenvalue weighted by Crippen LogP contribution is 2.22. The Morgan fingerprint density at radius 3 is 2.50 bits per heavy atom. The molecule has 0 aliphatic carbocycles. The van der Waals surface area contributed by atoms with Gasteiger partial charge in [-0.25, -0.2) is 9.18 Å². The average Bonchev–Trinajstić information content (AvgIpc) is 2.71. The van der Waals surface area contributed by atoms with Crippen LogP contribution in [0.2, 0.25) is 0 Å². The van der Waals surface area contributed by atoms with Crippen molar-refractivity contribution in [2.24, 2.45) is 0 Å². The number of carboxylic acids is 1. The Kier molecular flexibility index (Phi) is 3.10. The molecule has 2 aromatic rings. The molecule has 0 aliphatic rings. The molecule has 1 aromatic heterocycles.